The second kappa shape index (κ2) is 4.74. The summed E-state index contributed by atoms with van der Waals surface area (Å²) in [5, 5.41) is 0.992. The molecular formula is C9H17NO3Si. The fourth-order valence-electron chi connectivity index (χ4n) is 1.42. The maximum absolute atomic E-state index is 5.36. The van der Waals surface area contributed by atoms with Crippen LogP contribution in [-0.4, -0.2) is 34.7 Å². The first kappa shape index (κ1) is 11.5. The highest BCUT2D eigenvalue weighted by Gasteiger charge is 2.41. The Morgan fingerprint density at radius 3 is 2.14 bits per heavy atom. The molecule has 1 aromatic rings. The largest absolute Gasteiger partial charge is 0.537 e. The fourth-order valence-corrected chi connectivity index (χ4v) is 3.23. The van der Waals surface area contributed by atoms with Crippen LogP contribution in [0.15, 0.2) is 18.5 Å². The van der Waals surface area contributed by atoms with E-state index in [0.717, 1.165) is 11.7 Å². The highest BCUT2D eigenvalue weighted by molar-refractivity contribution is 6.75. The number of aryl methyl sites for hydroxylation is 1. The molecule has 0 N–H and O–H groups in total. The zero-order valence-electron chi connectivity index (χ0n) is 9.11. The number of rotatable bonds is 5. The van der Waals surface area contributed by atoms with E-state index >= 15 is 0 Å². The first-order valence-electron chi connectivity index (χ1n) is 4.54. The lowest BCUT2D eigenvalue weighted by Gasteiger charge is -2.23. The zero-order chi connectivity index (χ0) is 10.6. The summed E-state index contributed by atoms with van der Waals surface area (Å²) in [6.07, 6.45) is 4.00. The van der Waals surface area contributed by atoms with Crippen LogP contribution in [0.25, 0.3) is 0 Å². The van der Waals surface area contributed by atoms with E-state index in [4.69, 9.17) is 13.3 Å². The Hall–Kier alpha value is -0.623. The van der Waals surface area contributed by atoms with Gasteiger partial charge in [-0.15, -0.1) is 0 Å². The van der Waals surface area contributed by atoms with Crippen LogP contribution in [0.4, 0.5) is 0 Å². The molecule has 0 saturated carbocycles. The van der Waals surface area contributed by atoms with E-state index in [1.807, 2.05) is 18.5 Å². The van der Waals surface area contributed by atoms with Gasteiger partial charge in [0.2, 0.25) is 0 Å². The molecule has 14 heavy (non-hydrogen) atoms. The molecule has 0 aliphatic rings. The molecule has 1 heterocycles. The molecule has 5 heteroatoms. The van der Waals surface area contributed by atoms with Crippen molar-refractivity contribution in [1.29, 1.82) is 0 Å². The van der Waals surface area contributed by atoms with Gasteiger partial charge >= 0.3 is 8.80 Å². The molecule has 0 atom stereocenters. The van der Waals surface area contributed by atoms with E-state index in [9.17, 15) is 0 Å². The van der Waals surface area contributed by atoms with Crippen molar-refractivity contribution >= 4 is 14.0 Å². The molecule has 0 fully saturated rings. The van der Waals surface area contributed by atoms with Crippen LogP contribution in [-0.2, 0) is 19.8 Å². The van der Waals surface area contributed by atoms with E-state index in [1.54, 1.807) is 21.3 Å². The van der Waals surface area contributed by atoms with Gasteiger partial charge < -0.3 is 17.8 Å². The van der Waals surface area contributed by atoms with E-state index in [1.165, 1.54) is 0 Å². The van der Waals surface area contributed by atoms with Crippen LogP contribution < -0.4 is 5.19 Å². The minimum Gasteiger partial charge on any atom is -0.373 e. The van der Waals surface area contributed by atoms with Crippen molar-refractivity contribution in [3.05, 3.63) is 18.5 Å². The molecule has 0 aromatic carbocycles. The normalized spacial score (nSPS) is 12.0. The van der Waals surface area contributed by atoms with E-state index in [2.05, 4.69) is 11.5 Å². The van der Waals surface area contributed by atoms with Gasteiger partial charge in [-0.05, 0) is 13.0 Å². The number of aromatic nitrogens is 1. The van der Waals surface area contributed by atoms with Gasteiger partial charge in [0.15, 0.2) is 0 Å². The van der Waals surface area contributed by atoms with E-state index in [0.29, 0.717) is 0 Å². The Balaban J connectivity index is 2.98. The van der Waals surface area contributed by atoms with Gasteiger partial charge in [-0.1, -0.05) is 0 Å². The number of hydrogen-bond acceptors (Lipinski definition) is 3. The molecule has 0 bridgehead atoms. The average molecular weight is 215 g/mol. The molecule has 0 amide bonds. The van der Waals surface area contributed by atoms with Crippen LogP contribution in [0.3, 0.4) is 0 Å². The highest BCUT2D eigenvalue weighted by Crippen LogP contribution is 2.07. The standard InChI is InChI=1S/C9H17NO3Si/c1-5-10-7-6-9(8-10)14(11-2,12-3)13-4/h6-8H,5H2,1-4H3. The van der Waals surface area contributed by atoms with Crippen molar-refractivity contribution < 1.29 is 13.3 Å². The molecular weight excluding hydrogens is 198 g/mol. The van der Waals surface area contributed by atoms with Crippen LogP contribution >= 0.6 is 0 Å². The molecule has 0 unspecified atom stereocenters. The summed E-state index contributed by atoms with van der Waals surface area (Å²) in [5.74, 6) is 0. The summed E-state index contributed by atoms with van der Waals surface area (Å²) >= 11 is 0. The monoisotopic (exact) mass is 215 g/mol. The summed E-state index contributed by atoms with van der Waals surface area (Å²) in [6, 6.07) is 1.98. The minimum atomic E-state index is -2.61. The van der Waals surface area contributed by atoms with Crippen molar-refractivity contribution in [2.75, 3.05) is 21.3 Å². The van der Waals surface area contributed by atoms with Gasteiger partial charge in [-0.3, -0.25) is 0 Å². The van der Waals surface area contributed by atoms with Gasteiger partial charge in [0.25, 0.3) is 0 Å². The Labute approximate surface area is 85.8 Å². The second-order valence-corrected chi connectivity index (χ2v) is 5.81. The first-order chi connectivity index (χ1) is 6.72. The third-order valence-corrected chi connectivity index (χ3v) is 4.89. The Bertz CT molecular complexity index is 275. The molecule has 4 nitrogen and oxygen atoms in total. The predicted octanol–water partition coefficient (Wildman–Crippen LogP) is 0.593. The van der Waals surface area contributed by atoms with Crippen molar-refractivity contribution in [2.45, 2.75) is 13.5 Å². The smallest absolute Gasteiger partial charge is 0.373 e. The van der Waals surface area contributed by atoms with Gasteiger partial charge in [0.1, 0.15) is 0 Å². The van der Waals surface area contributed by atoms with Gasteiger partial charge in [-0.25, -0.2) is 0 Å². The summed E-state index contributed by atoms with van der Waals surface area (Å²) in [5.41, 5.74) is 0. The summed E-state index contributed by atoms with van der Waals surface area (Å²) in [4.78, 5) is 0. The highest BCUT2D eigenvalue weighted by atomic mass is 28.4. The van der Waals surface area contributed by atoms with Gasteiger partial charge in [0.05, 0.1) is 0 Å². The Morgan fingerprint density at radius 2 is 1.79 bits per heavy atom. The summed E-state index contributed by atoms with van der Waals surface area (Å²) in [7, 11) is 2.23. The van der Waals surface area contributed by atoms with Crippen molar-refractivity contribution in [1.82, 2.24) is 4.57 Å². The maximum atomic E-state index is 5.36. The summed E-state index contributed by atoms with van der Waals surface area (Å²) < 4.78 is 18.1. The lowest BCUT2D eigenvalue weighted by atomic mass is 10.7. The maximum Gasteiger partial charge on any atom is 0.537 e. The summed E-state index contributed by atoms with van der Waals surface area (Å²) in [6.45, 7) is 3.01. The lowest BCUT2D eigenvalue weighted by Crippen LogP contribution is -2.54. The van der Waals surface area contributed by atoms with Crippen LogP contribution in [0.2, 0.25) is 0 Å². The van der Waals surface area contributed by atoms with Crippen molar-refractivity contribution in [3.63, 3.8) is 0 Å². The third-order valence-electron chi connectivity index (χ3n) is 2.28. The molecule has 0 aliphatic heterocycles. The van der Waals surface area contributed by atoms with Crippen LogP contribution in [0, 0.1) is 0 Å². The van der Waals surface area contributed by atoms with Crippen LogP contribution in [0.5, 0.6) is 0 Å². The first-order valence-corrected chi connectivity index (χ1v) is 6.26. The quantitative estimate of drug-likeness (QED) is 0.674. The molecule has 1 rings (SSSR count). The molecule has 80 valence electrons. The van der Waals surface area contributed by atoms with E-state index in [-0.39, 0.29) is 0 Å². The topological polar surface area (TPSA) is 32.6 Å². The predicted molar refractivity (Wildman–Crippen MR) is 56.5 cm³/mol. The van der Waals surface area contributed by atoms with E-state index < -0.39 is 8.80 Å². The molecule has 0 spiro atoms. The number of hydrogen-bond donors (Lipinski definition) is 0. The molecule has 0 radical (unpaired) electrons. The van der Waals surface area contributed by atoms with Gasteiger partial charge in [-0.2, -0.15) is 0 Å². The third kappa shape index (κ3) is 1.90. The molecule has 1 aromatic heterocycles. The minimum absolute atomic E-state index is 0.932. The Kier molecular flexibility index (Phi) is 3.88. The van der Waals surface area contributed by atoms with Crippen LogP contribution in [0.1, 0.15) is 6.92 Å². The number of nitrogens with zero attached hydrogens (tertiary/aromatic N) is 1. The average Bonchev–Trinajstić information content (AvgIpc) is 2.71. The molecule has 0 aliphatic carbocycles. The van der Waals surface area contributed by atoms with Gasteiger partial charge in [0, 0.05) is 45.5 Å². The van der Waals surface area contributed by atoms with Crippen molar-refractivity contribution in [2.24, 2.45) is 0 Å². The SMILES string of the molecule is CCn1ccc([Si](OC)(OC)OC)c1. The fraction of sp³-hybridized carbons (Fsp3) is 0.556. The molecule has 0 saturated heterocycles. The second-order valence-electron chi connectivity index (χ2n) is 2.90. The zero-order valence-corrected chi connectivity index (χ0v) is 10.1. The lowest BCUT2D eigenvalue weighted by molar-refractivity contribution is 0.140. The Morgan fingerprint density at radius 1 is 1.21 bits per heavy atom. The van der Waals surface area contributed by atoms with Crippen molar-refractivity contribution in [3.8, 4) is 0 Å².